The Hall–Kier alpha value is -4.09. The van der Waals surface area contributed by atoms with Crippen LogP contribution in [0.15, 0.2) is 61.2 Å². The summed E-state index contributed by atoms with van der Waals surface area (Å²) in [5.74, 6) is -2.63. The number of nitrogens with one attached hydrogen (secondary N) is 2. The Labute approximate surface area is 218 Å². The van der Waals surface area contributed by atoms with Gasteiger partial charge in [-0.1, -0.05) is 0 Å². The summed E-state index contributed by atoms with van der Waals surface area (Å²) in [6.07, 6.45) is 6.77. The number of hydrogen-bond donors (Lipinski definition) is 2. The molecule has 6 aromatic heterocycles. The summed E-state index contributed by atoms with van der Waals surface area (Å²) in [6, 6.07) is 10.9. The lowest BCUT2D eigenvalue weighted by molar-refractivity contribution is 0.0115. The Morgan fingerprint density at radius 1 is 1.00 bits per heavy atom. The van der Waals surface area contributed by atoms with Crippen molar-refractivity contribution in [2.75, 3.05) is 13.1 Å². The van der Waals surface area contributed by atoms with E-state index in [1.54, 1.807) is 35.8 Å². The van der Waals surface area contributed by atoms with Crippen molar-refractivity contribution in [2.45, 2.75) is 18.9 Å². The second-order valence-corrected chi connectivity index (χ2v) is 10.5. The molecular weight excluding hydrogens is 511 g/mol. The van der Waals surface area contributed by atoms with Crippen molar-refractivity contribution in [3.8, 4) is 33.1 Å². The summed E-state index contributed by atoms with van der Waals surface area (Å²) in [6.45, 7) is 0.543. The molecule has 7 heterocycles. The van der Waals surface area contributed by atoms with Crippen LogP contribution in [0.2, 0.25) is 0 Å². The Bertz CT molecular complexity index is 1810. The number of halogens is 3. The number of hydrogen-bond acceptors (Lipinski definition) is 6. The standard InChI is InChI=1S/C27H20F3N7S/c28-24-4-3-23(38-24)18-11-32-12-22-17(18)8-21(33-22)26-25-20(35-36-26)2-1-19(34-25)16-7-15(9-31-10-16)13-37-6-5-27(29,30)14-37/h1-4,7-12,33H,5-6,13-14H2,(H,35,36). The van der Waals surface area contributed by atoms with E-state index in [9.17, 15) is 13.2 Å². The Balaban J connectivity index is 1.24. The van der Waals surface area contributed by atoms with Gasteiger partial charge in [0, 0.05) is 59.5 Å². The third-order valence-corrected chi connectivity index (χ3v) is 7.70. The van der Waals surface area contributed by atoms with Crippen LogP contribution in [0.3, 0.4) is 0 Å². The lowest BCUT2D eigenvalue weighted by Gasteiger charge is -2.15. The van der Waals surface area contributed by atoms with E-state index in [1.165, 1.54) is 6.07 Å². The molecule has 6 aromatic rings. The van der Waals surface area contributed by atoms with Gasteiger partial charge in [0.1, 0.15) is 11.2 Å². The molecule has 11 heteroatoms. The van der Waals surface area contributed by atoms with Gasteiger partial charge in [-0.25, -0.2) is 13.8 Å². The Morgan fingerprint density at radius 2 is 1.89 bits per heavy atom. The average Bonchev–Trinajstić information content (AvgIpc) is 3.69. The first-order valence-corrected chi connectivity index (χ1v) is 12.9. The lowest BCUT2D eigenvalue weighted by Crippen LogP contribution is -2.24. The predicted octanol–water partition coefficient (Wildman–Crippen LogP) is 6.27. The molecule has 0 aromatic carbocycles. The zero-order valence-electron chi connectivity index (χ0n) is 19.9. The molecule has 0 bridgehead atoms. The highest BCUT2D eigenvalue weighted by atomic mass is 32.1. The summed E-state index contributed by atoms with van der Waals surface area (Å²) in [4.78, 5) is 19.5. The van der Waals surface area contributed by atoms with E-state index < -0.39 is 5.92 Å². The number of nitrogens with zero attached hydrogens (tertiary/aromatic N) is 5. The minimum atomic E-state index is -2.63. The monoisotopic (exact) mass is 531 g/mol. The van der Waals surface area contributed by atoms with Crippen molar-refractivity contribution in [3.05, 3.63) is 71.9 Å². The van der Waals surface area contributed by atoms with Crippen molar-refractivity contribution < 1.29 is 13.2 Å². The molecule has 0 spiro atoms. The molecule has 7 nitrogen and oxygen atoms in total. The van der Waals surface area contributed by atoms with E-state index in [1.807, 2.05) is 24.3 Å². The van der Waals surface area contributed by atoms with Gasteiger partial charge in [0.25, 0.3) is 5.92 Å². The Morgan fingerprint density at radius 3 is 2.71 bits per heavy atom. The summed E-state index contributed by atoms with van der Waals surface area (Å²) in [5, 5.41) is 8.21. The van der Waals surface area contributed by atoms with Crippen LogP contribution in [-0.4, -0.2) is 54.0 Å². The van der Waals surface area contributed by atoms with Gasteiger partial charge < -0.3 is 4.98 Å². The highest BCUT2D eigenvalue weighted by molar-refractivity contribution is 7.14. The summed E-state index contributed by atoms with van der Waals surface area (Å²) < 4.78 is 40.9. The maximum atomic E-state index is 13.7. The molecule has 2 N–H and O–H groups in total. The normalized spacial score (nSPS) is 15.7. The number of alkyl halides is 2. The largest absolute Gasteiger partial charge is 0.352 e. The van der Waals surface area contributed by atoms with Crippen molar-refractivity contribution in [2.24, 2.45) is 0 Å². The number of aromatic nitrogens is 6. The zero-order valence-corrected chi connectivity index (χ0v) is 20.7. The van der Waals surface area contributed by atoms with Gasteiger partial charge in [-0.2, -0.15) is 9.49 Å². The van der Waals surface area contributed by atoms with E-state index in [-0.39, 0.29) is 18.1 Å². The number of thiophene rings is 1. The predicted molar refractivity (Wildman–Crippen MR) is 140 cm³/mol. The third-order valence-electron chi connectivity index (χ3n) is 6.79. The van der Waals surface area contributed by atoms with Gasteiger partial charge in [0.15, 0.2) is 5.13 Å². The van der Waals surface area contributed by atoms with E-state index >= 15 is 0 Å². The minimum Gasteiger partial charge on any atom is -0.352 e. The molecule has 0 amide bonds. The van der Waals surface area contributed by atoms with Crippen LogP contribution in [0.1, 0.15) is 12.0 Å². The molecule has 0 aliphatic carbocycles. The highest BCUT2D eigenvalue weighted by Gasteiger charge is 2.37. The van der Waals surface area contributed by atoms with Crippen molar-refractivity contribution in [3.63, 3.8) is 0 Å². The fourth-order valence-corrected chi connectivity index (χ4v) is 5.75. The van der Waals surface area contributed by atoms with Crippen LogP contribution in [0.25, 0.3) is 55.0 Å². The molecule has 0 saturated carbocycles. The second kappa shape index (κ2) is 8.74. The van der Waals surface area contributed by atoms with Gasteiger partial charge in [-0.05, 0) is 42.0 Å². The van der Waals surface area contributed by atoms with Gasteiger partial charge >= 0.3 is 0 Å². The first kappa shape index (κ1) is 23.1. The molecule has 1 aliphatic rings. The number of aromatic amines is 2. The van der Waals surface area contributed by atoms with Crippen LogP contribution >= 0.6 is 11.3 Å². The van der Waals surface area contributed by atoms with Crippen LogP contribution < -0.4 is 0 Å². The molecule has 38 heavy (non-hydrogen) atoms. The molecule has 1 aliphatic heterocycles. The maximum absolute atomic E-state index is 13.7. The van der Waals surface area contributed by atoms with Crippen LogP contribution in [0.4, 0.5) is 13.2 Å². The quantitative estimate of drug-likeness (QED) is 0.274. The van der Waals surface area contributed by atoms with E-state index in [0.29, 0.717) is 30.0 Å². The van der Waals surface area contributed by atoms with Crippen molar-refractivity contribution in [1.82, 2.24) is 35.0 Å². The van der Waals surface area contributed by atoms with E-state index in [4.69, 9.17) is 4.98 Å². The molecule has 7 rings (SSSR count). The maximum Gasteiger partial charge on any atom is 0.261 e. The van der Waals surface area contributed by atoms with E-state index in [2.05, 4.69) is 25.1 Å². The van der Waals surface area contributed by atoms with Gasteiger partial charge in [0.2, 0.25) is 0 Å². The molecule has 0 unspecified atom stereocenters. The number of pyridine rings is 3. The van der Waals surface area contributed by atoms with Crippen LogP contribution in [0.5, 0.6) is 0 Å². The van der Waals surface area contributed by atoms with Gasteiger partial charge in [-0.3, -0.25) is 20.0 Å². The molecule has 0 atom stereocenters. The van der Waals surface area contributed by atoms with Gasteiger partial charge in [0.05, 0.1) is 35.2 Å². The number of fused-ring (bicyclic) bond motifs is 2. The molecular formula is C27H20F3N7S. The number of rotatable bonds is 5. The summed E-state index contributed by atoms with van der Waals surface area (Å²) in [7, 11) is 0. The average molecular weight is 532 g/mol. The third kappa shape index (κ3) is 4.13. The number of H-pyrrole nitrogens is 2. The Kier molecular flexibility index (Phi) is 5.31. The van der Waals surface area contributed by atoms with Crippen LogP contribution in [0, 0.1) is 5.13 Å². The summed E-state index contributed by atoms with van der Waals surface area (Å²) >= 11 is 1.07. The molecule has 0 radical (unpaired) electrons. The second-order valence-electron chi connectivity index (χ2n) is 9.50. The van der Waals surface area contributed by atoms with Crippen LogP contribution in [-0.2, 0) is 6.54 Å². The SMILES string of the molecule is Fc1ccc(-c2cncc3[nH]c(-c4n[nH]c5ccc(-c6cncc(CN7CCC(F)(F)C7)c6)nc45)cc23)s1. The molecule has 1 saturated heterocycles. The summed E-state index contributed by atoms with van der Waals surface area (Å²) in [5.41, 5.74) is 6.84. The zero-order chi connectivity index (χ0) is 25.9. The van der Waals surface area contributed by atoms with E-state index in [0.717, 1.165) is 55.0 Å². The molecule has 190 valence electrons. The topological polar surface area (TPSA) is 86.4 Å². The lowest BCUT2D eigenvalue weighted by atomic mass is 10.1. The fraction of sp³-hybridized carbons (Fsp3) is 0.185. The van der Waals surface area contributed by atoms with Gasteiger partial charge in [-0.15, -0.1) is 11.3 Å². The highest BCUT2D eigenvalue weighted by Crippen LogP contribution is 2.36. The first-order valence-electron chi connectivity index (χ1n) is 12.0. The fourth-order valence-electron chi connectivity index (χ4n) is 5.00. The number of likely N-dealkylation sites (tertiary alicyclic amines) is 1. The minimum absolute atomic E-state index is 0.114. The first-order chi connectivity index (χ1) is 18.4. The van der Waals surface area contributed by atoms with Crippen molar-refractivity contribution in [1.29, 1.82) is 0 Å². The van der Waals surface area contributed by atoms with Crippen molar-refractivity contribution >= 4 is 33.3 Å². The smallest absolute Gasteiger partial charge is 0.261 e. The molecule has 1 fully saturated rings.